The van der Waals surface area contributed by atoms with Crippen LogP contribution in [-0.2, 0) is 6.54 Å². The van der Waals surface area contributed by atoms with Gasteiger partial charge in [-0.15, -0.1) is 17.5 Å². The van der Waals surface area contributed by atoms with Gasteiger partial charge in [0.25, 0.3) is 0 Å². The molecule has 0 saturated heterocycles. The molecule has 0 atom stereocenters. The minimum absolute atomic E-state index is 0. The Kier molecular flexibility index (Phi) is 6.04. The van der Waals surface area contributed by atoms with Gasteiger partial charge in [-0.2, -0.15) is 5.10 Å². The molecule has 0 unspecified atom stereocenters. The number of methoxy groups -OCH3 is 1. The van der Waals surface area contributed by atoms with Gasteiger partial charge in [-0.25, -0.2) is 0 Å². The molecule has 29 heavy (non-hydrogen) atoms. The van der Waals surface area contributed by atoms with Crippen molar-refractivity contribution < 1.29 is 4.74 Å². The van der Waals surface area contributed by atoms with E-state index < -0.39 is 0 Å². The molecule has 0 saturated carbocycles. The van der Waals surface area contributed by atoms with Crippen molar-refractivity contribution in [2.45, 2.75) is 6.54 Å². The smallest absolute Gasteiger partial charge is 0.211 e. The standard InChI is InChI=1S/C22H21N5O.ClH/c1-28-19-8-9-21-20(11-19)18(12-25-26-22(23)24)14-27(21)13-15-6-7-16-4-2-3-5-17(16)10-15;/h2-12,14H,13H2,1H3,(H4,23,24,26);1H/b25-12+;. The molecule has 0 aliphatic carbocycles. The first-order valence-corrected chi connectivity index (χ1v) is 8.90. The van der Waals surface area contributed by atoms with E-state index >= 15 is 0 Å². The fourth-order valence-corrected chi connectivity index (χ4v) is 3.36. The van der Waals surface area contributed by atoms with Crippen molar-refractivity contribution in [2.24, 2.45) is 21.7 Å². The summed E-state index contributed by atoms with van der Waals surface area (Å²) in [5.74, 6) is 0.709. The number of guanidine groups is 1. The summed E-state index contributed by atoms with van der Waals surface area (Å²) < 4.78 is 7.56. The lowest BCUT2D eigenvalue weighted by Crippen LogP contribution is -2.21. The van der Waals surface area contributed by atoms with E-state index in [0.29, 0.717) is 0 Å². The lowest BCUT2D eigenvalue weighted by Gasteiger charge is -2.08. The fourth-order valence-electron chi connectivity index (χ4n) is 3.36. The predicted molar refractivity (Wildman–Crippen MR) is 122 cm³/mol. The molecule has 7 heteroatoms. The number of nitrogens with two attached hydrogens (primary N) is 2. The first-order valence-electron chi connectivity index (χ1n) is 8.90. The molecule has 0 spiro atoms. The maximum absolute atomic E-state index is 5.37. The maximum Gasteiger partial charge on any atom is 0.211 e. The Balaban J connectivity index is 0.00000240. The molecule has 0 bridgehead atoms. The quantitative estimate of drug-likeness (QED) is 0.299. The third kappa shape index (κ3) is 4.33. The molecule has 0 amide bonds. The Morgan fingerprint density at radius 3 is 2.59 bits per heavy atom. The average Bonchev–Trinajstić information content (AvgIpc) is 3.04. The van der Waals surface area contributed by atoms with Crippen LogP contribution in [0.15, 0.2) is 77.1 Å². The number of halogens is 1. The van der Waals surface area contributed by atoms with Crippen molar-refractivity contribution in [2.75, 3.05) is 7.11 Å². The molecule has 0 aliphatic heterocycles. The first-order chi connectivity index (χ1) is 13.6. The molecule has 4 N–H and O–H groups in total. The molecule has 3 aromatic carbocycles. The third-order valence-electron chi connectivity index (χ3n) is 4.66. The summed E-state index contributed by atoms with van der Waals surface area (Å²) in [5.41, 5.74) is 13.9. The number of fused-ring (bicyclic) bond motifs is 2. The van der Waals surface area contributed by atoms with Gasteiger partial charge in [0, 0.05) is 29.2 Å². The summed E-state index contributed by atoms with van der Waals surface area (Å²) in [6.45, 7) is 0.740. The number of nitrogens with zero attached hydrogens (tertiary/aromatic N) is 3. The highest BCUT2D eigenvalue weighted by Crippen LogP contribution is 2.26. The number of hydrogen-bond acceptors (Lipinski definition) is 3. The highest BCUT2D eigenvalue weighted by molar-refractivity contribution is 6.00. The Morgan fingerprint density at radius 1 is 1.03 bits per heavy atom. The van der Waals surface area contributed by atoms with Crippen LogP contribution in [0, 0.1) is 0 Å². The lowest BCUT2D eigenvalue weighted by atomic mass is 10.1. The van der Waals surface area contributed by atoms with E-state index in [9.17, 15) is 0 Å². The second-order valence-corrected chi connectivity index (χ2v) is 6.55. The van der Waals surface area contributed by atoms with E-state index in [4.69, 9.17) is 16.2 Å². The zero-order chi connectivity index (χ0) is 19.5. The summed E-state index contributed by atoms with van der Waals surface area (Å²) in [6.07, 6.45) is 3.70. The van der Waals surface area contributed by atoms with Crippen molar-refractivity contribution in [1.29, 1.82) is 0 Å². The Hall–Kier alpha value is -3.51. The monoisotopic (exact) mass is 407 g/mol. The van der Waals surface area contributed by atoms with Crippen LogP contribution in [0.1, 0.15) is 11.1 Å². The van der Waals surface area contributed by atoms with Gasteiger partial charge in [0.2, 0.25) is 5.96 Å². The molecule has 4 aromatic rings. The van der Waals surface area contributed by atoms with Gasteiger partial charge < -0.3 is 20.8 Å². The van der Waals surface area contributed by atoms with E-state index in [1.807, 2.05) is 24.4 Å². The maximum atomic E-state index is 5.37. The fraction of sp³-hybridized carbons (Fsp3) is 0.0909. The van der Waals surface area contributed by atoms with Crippen LogP contribution in [0.3, 0.4) is 0 Å². The number of hydrogen-bond donors (Lipinski definition) is 2. The number of aromatic nitrogens is 1. The molecule has 1 aromatic heterocycles. The first kappa shape index (κ1) is 20.2. The average molecular weight is 408 g/mol. The van der Waals surface area contributed by atoms with Crippen molar-refractivity contribution in [3.05, 3.63) is 78.0 Å². The van der Waals surface area contributed by atoms with Crippen LogP contribution in [0.5, 0.6) is 5.75 Å². The normalized spacial score (nSPS) is 10.9. The molecular formula is C22H22ClN5O. The van der Waals surface area contributed by atoms with E-state index in [2.05, 4.69) is 57.2 Å². The second kappa shape index (κ2) is 8.67. The largest absolute Gasteiger partial charge is 0.497 e. The minimum Gasteiger partial charge on any atom is -0.497 e. The summed E-state index contributed by atoms with van der Waals surface area (Å²) in [7, 11) is 1.65. The summed E-state index contributed by atoms with van der Waals surface area (Å²) in [5, 5.41) is 11.2. The Bertz CT molecular complexity index is 1210. The molecule has 0 aliphatic rings. The molecule has 1 heterocycles. The van der Waals surface area contributed by atoms with Crippen LogP contribution in [0.25, 0.3) is 21.7 Å². The van der Waals surface area contributed by atoms with Crippen molar-refractivity contribution in [3.8, 4) is 5.75 Å². The topological polar surface area (TPSA) is 90.9 Å². The van der Waals surface area contributed by atoms with Crippen molar-refractivity contribution >= 4 is 46.3 Å². The molecule has 4 rings (SSSR count). The van der Waals surface area contributed by atoms with Crippen LogP contribution >= 0.6 is 12.4 Å². The number of ether oxygens (including phenoxy) is 1. The Morgan fingerprint density at radius 2 is 1.83 bits per heavy atom. The van der Waals surface area contributed by atoms with E-state index in [1.54, 1.807) is 13.3 Å². The van der Waals surface area contributed by atoms with Gasteiger partial charge in [-0.05, 0) is 40.6 Å². The van der Waals surface area contributed by atoms with Gasteiger partial charge in [-0.1, -0.05) is 36.4 Å². The second-order valence-electron chi connectivity index (χ2n) is 6.55. The van der Waals surface area contributed by atoms with E-state index in [-0.39, 0.29) is 18.4 Å². The number of benzene rings is 3. The van der Waals surface area contributed by atoms with Gasteiger partial charge in [0.1, 0.15) is 5.75 Å². The van der Waals surface area contributed by atoms with Crippen LogP contribution in [0.4, 0.5) is 0 Å². The van der Waals surface area contributed by atoms with Crippen LogP contribution in [0.2, 0.25) is 0 Å². The van der Waals surface area contributed by atoms with Gasteiger partial charge in [0.05, 0.1) is 13.3 Å². The predicted octanol–water partition coefficient (Wildman–Crippen LogP) is 3.88. The summed E-state index contributed by atoms with van der Waals surface area (Å²) in [4.78, 5) is 0. The SMILES string of the molecule is COc1ccc2c(c1)c(/C=N/N=C(N)N)cn2Cc1ccc2ccccc2c1.Cl. The van der Waals surface area contributed by atoms with Crippen molar-refractivity contribution in [1.82, 2.24) is 4.57 Å². The number of rotatable bonds is 5. The van der Waals surface area contributed by atoms with Crippen molar-refractivity contribution in [3.63, 3.8) is 0 Å². The van der Waals surface area contributed by atoms with Crippen LogP contribution in [-0.4, -0.2) is 23.9 Å². The highest BCUT2D eigenvalue weighted by Gasteiger charge is 2.09. The molecule has 0 radical (unpaired) electrons. The molecule has 0 fully saturated rings. The van der Waals surface area contributed by atoms with Crippen LogP contribution < -0.4 is 16.2 Å². The highest BCUT2D eigenvalue weighted by atomic mass is 35.5. The molecular weight excluding hydrogens is 386 g/mol. The van der Waals surface area contributed by atoms with Gasteiger partial charge in [-0.3, -0.25) is 0 Å². The van der Waals surface area contributed by atoms with E-state index in [0.717, 1.165) is 28.8 Å². The van der Waals surface area contributed by atoms with Gasteiger partial charge in [0.15, 0.2) is 0 Å². The van der Waals surface area contributed by atoms with E-state index in [1.165, 1.54) is 16.3 Å². The summed E-state index contributed by atoms with van der Waals surface area (Å²) >= 11 is 0. The zero-order valence-corrected chi connectivity index (χ0v) is 16.8. The summed E-state index contributed by atoms with van der Waals surface area (Å²) in [6, 6.07) is 20.9. The molecule has 6 nitrogen and oxygen atoms in total. The zero-order valence-electron chi connectivity index (χ0n) is 15.9. The third-order valence-corrected chi connectivity index (χ3v) is 4.66. The lowest BCUT2D eigenvalue weighted by molar-refractivity contribution is 0.415. The molecule has 148 valence electrons. The minimum atomic E-state index is -0.0752. The Labute approximate surface area is 174 Å². The van der Waals surface area contributed by atoms with Gasteiger partial charge >= 0.3 is 0 Å².